The molecule has 72 valence electrons. The van der Waals surface area contributed by atoms with Crippen molar-refractivity contribution < 1.29 is 13.5 Å². The van der Waals surface area contributed by atoms with Crippen molar-refractivity contribution in [2.45, 2.75) is 11.9 Å². The fourth-order valence-corrected chi connectivity index (χ4v) is 1.53. The summed E-state index contributed by atoms with van der Waals surface area (Å²) in [6.07, 6.45) is 1.01. The summed E-state index contributed by atoms with van der Waals surface area (Å²) < 4.78 is 22.4. The van der Waals surface area contributed by atoms with Crippen molar-refractivity contribution >= 4 is 9.84 Å². The third-order valence-corrected chi connectivity index (χ3v) is 3.71. The van der Waals surface area contributed by atoms with E-state index < -0.39 is 14.8 Å². The molecule has 1 unspecified atom stereocenters. The second-order valence-corrected chi connectivity index (χ2v) is 5.46. The van der Waals surface area contributed by atoms with E-state index in [1.807, 2.05) is 0 Å². The molecule has 0 saturated heterocycles. The first-order valence-corrected chi connectivity index (χ1v) is 5.72. The molecule has 0 bridgehead atoms. The number of aliphatic hydroxyl groups is 1. The minimum atomic E-state index is -3.50. The third kappa shape index (κ3) is 1.89. The summed E-state index contributed by atoms with van der Waals surface area (Å²) in [5.74, 6) is 0. The quantitative estimate of drug-likeness (QED) is 0.771. The van der Waals surface area contributed by atoms with E-state index in [1.54, 1.807) is 30.3 Å². The molecule has 0 amide bonds. The normalized spacial score (nSPS) is 16.5. The Morgan fingerprint density at radius 1 is 1.23 bits per heavy atom. The smallest absolute Gasteiger partial charge is 0.188 e. The van der Waals surface area contributed by atoms with Crippen molar-refractivity contribution in [3.05, 3.63) is 35.9 Å². The van der Waals surface area contributed by atoms with Gasteiger partial charge in [0.25, 0.3) is 0 Å². The zero-order chi connectivity index (χ0) is 10.1. The van der Waals surface area contributed by atoms with Crippen molar-refractivity contribution in [2.24, 2.45) is 0 Å². The molecule has 4 heteroatoms. The number of benzene rings is 1. The predicted molar refractivity (Wildman–Crippen MR) is 50.9 cm³/mol. The third-order valence-electron chi connectivity index (χ3n) is 2.03. The SMILES string of the molecule is CC(O)(c1ccccc1)S(C)(=O)=O. The van der Waals surface area contributed by atoms with Gasteiger partial charge < -0.3 is 5.11 Å². The maximum atomic E-state index is 11.2. The Bertz CT molecular complexity index is 379. The van der Waals surface area contributed by atoms with Crippen molar-refractivity contribution in [3.8, 4) is 0 Å². The standard InChI is InChI=1S/C9H12O3S/c1-9(10,13(2,11)12)8-6-4-3-5-7-8/h3-7,10H,1-2H3. The van der Waals surface area contributed by atoms with Crippen LogP contribution in [0, 0.1) is 0 Å². The van der Waals surface area contributed by atoms with E-state index in [9.17, 15) is 13.5 Å². The molecule has 13 heavy (non-hydrogen) atoms. The van der Waals surface area contributed by atoms with Crippen LogP contribution in [0.1, 0.15) is 12.5 Å². The Morgan fingerprint density at radius 3 is 2.08 bits per heavy atom. The van der Waals surface area contributed by atoms with Gasteiger partial charge in [-0.05, 0) is 12.5 Å². The van der Waals surface area contributed by atoms with Gasteiger partial charge in [-0.15, -0.1) is 0 Å². The number of sulfone groups is 1. The summed E-state index contributed by atoms with van der Waals surface area (Å²) in [6, 6.07) is 8.31. The molecule has 0 aliphatic rings. The van der Waals surface area contributed by atoms with Crippen LogP contribution >= 0.6 is 0 Å². The monoisotopic (exact) mass is 200 g/mol. The van der Waals surface area contributed by atoms with Crippen molar-refractivity contribution in [3.63, 3.8) is 0 Å². The first-order valence-electron chi connectivity index (χ1n) is 3.83. The van der Waals surface area contributed by atoms with Gasteiger partial charge in [-0.1, -0.05) is 30.3 Å². The topological polar surface area (TPSA) is 54.4 Å². The summed E-state index contributed by atoms with van der Waals surface area (Å²) in [6.45, 7) is 1.28. The zero-order valence-corrected chi connectivity index (χ0v) is 8.38. The molecule has 3 nitrogen and oxygen atoms in total. The van der Waals surface area contributed by atoms with Crippen molar-refractivity contribution in [2.75, 3.05) is 6.26 Å². The highest BCUT2D eigenvalue weighted by molar-refractivity contribution is 7.91. The lowest BCUT2D eigenvalue weighted by atomic mass is 10.1. The average Bonchev–Trinajstić information content (AvgIpc) is 2.04. The maximum absolute atomic E-state index is 11.2. The minimum Gasteiger partial charge on any atom is -0.371 e. The fourth-order valence-electron chi connectivity index (χ4n) is 0.961. The zero-order valence-electron chi connectivity index (χ0n) is 7.56. The Morgan fingerprint density at radius 2 is 1.69 bits per heavy atom. The van der Waals surface area contributed by atoms with Crippen LogP contribution in [-0.2, 0) is 14.8 Å². The second-order valence-electron chi connectivity index (χ2n) is 3.12. The first kappa shape index (κ1) is 10.2. The maximum Gasteiger partial charge on any atom is 0.188 e. The molecule has 1 aromatic carbocycles. The molecule has 0 radical (unpaired) electrons. The highest BCUT2D eigenvalue weighted by atomic mass is 32.2. The van der Waals surface area contributed by atoms with Gasteiger partial charge in [-0.3, -0.25) is 0 Å². The lowest BCUT2D eigenvalue weighted by Crippen LogP contribution is -2.31. The highest BCUT2D eigenvalue weighted by Gasteiger charge is 2.34. The summed E-state index contributed by atoms with van der Waals surface area (Å²) in [4.78, 5) is -1.80. The Balaban J connectivity index is 3.24. The van der Waals surface area contributed by atoms with Gasteiger partial charge in [-0.2, -0.15) is 0 Å². The van der Waals surface area contributed by atoms with Gasteiger partial charge in [0, 0.05) is 6.26 Å². The van der Waals surface area contributed by atoms with E-state index in [0.29, 0.717) is 5.56 Å². The molecule has 0 saturated carbocycles. The lowest BCUT2D eigenvalue weighted by molar-refractivity contribution is 0.146. The average molecular weight is 200 g/mol. The molecule has 0 aliphatic carbocycles. The molecular formula is C9H12O3S. The number of hydrogen-bond donors (Lipinski definition) is 1. The molecule has 0 aliphatic heterocycles. The van der Waals surface area contributed by atoms with Gasteiger partial charge in [0.2, 0.25) is 0 Å². The van der Waals surface area contributed by atoms with Gasteiger partial charge in [0.15, 0.2) is 14.8 Å². The summed E-state index contributed by atoms with van der Waals surface area (Å²) in [5, 5.41) is 9.73. The van der Waals surface area contributed by atoms with Crippen molar-refractivity contribution in [1.82, 2.24) is 0 Å². The van der Waals surface area contributed by atoms with E-state index in [0.717, 1.165) is 6.26 Å². The van der Waals surface area contributed by atoms with E-state index in [2.05, 4.69) is 0 Å². The molecule has 0 fully saturated rings. The number of rotatable bonds is 2. The molecule has 1 N–H and O–H groups in total. The van der Waals surface area contributed by atoms with E-state index in [4.69, 9.17) is 0 Å². The van der Waals surface area contributed by atoms with E-state index in [1.165, 1.54) is 6.92 Å². The molecule has 0 spiro atoms. The summed E-state index contributed by atoms with van der Waals surface area (Å²) in [7, 11) is -3.50. The Labute approximate surface area is 77.9 Å². The fraction of sp³-hybridized carbons (Fsp3) is 0.333. The van der Waals surface area contributed by atoms with Crippen LogP contribution in [0.25, 0.3) is 0 Å². The summed E-state index contributed by atoms with van der Waals surface area (Å²) in [5.41, 5.74) is 0.387. The summed E-state index contributed by atoms with van der Waals surface area (Å²) >= 11 is 0. The molecule has 1 aromatic rings. The lowest BCUT2D eigenvalue weighted by Gasteiger charge is -2.21. The molecular weight excluding hydrogens is 188 g/mol. The van der Waals surface area contributed by atoms with Crippen LogP contribution in [0.2, 0.25) is 0 Å². The van der Waals surface area contributed by atoms with E-state index >= 15 is 0 Å². The van der Waals surface area contributed by atoms with Crippen LogP contribution in [-0.4, -0.2) is 19.8 Å². The van der Waals surface area contributed by atoms with E-state index in [-0.39, 0.29) is 0 Å². The highest BCUT2D eigenvalue weighted by Crippen LogP contribution is 2.25. The largest absolute Gasteiger partial charge is 0.371 e. The van der Waals surface area contributed by atoms with Gasteiger partial charge in [0.1, 0.15) is 0 Å². The molecule has 1 rings (SSSR count). The van der Waals surface area contributed by atoms with Gasteiger partial charge >= 0.3 is 0 Å². The second kappa shape index (κ2) is 3.12. The van der Waals surface area contributed by atoms with Gasteiger partial charge in [0.05, 0.1) is 0 Å². The molecule has 1 atom stereocenters. The molecule has 0 aromatic heterocycles. The molecule has 0 heterocycles. The van der Waals surface area contributed by atoms with Crippen LogP contribution in [0.4, 0.5) is 0 Å². The Hall–Kier alpha value is -0.870. The Kier molecular flexibility index (Phi) is 2.45. The van der Waals surface area contributed by atoms with Crippen LogP contribution in [0.5, 0.6) is 0 Å². The predicted octanol–water partition coefficient (Wildman–Crippen LogP) is 0.896. The first-order chi connectivity index (χ1) is 5.86. The minimum absolute atomic E-state index is 0.387. The van der Waals surface area contributed by atoms with Crippen LogP contribution in [0.15, 0.2) is 30.3 Å². The van der Waals surface area contributed by atoms with Gasteiger partial charge in [-0.25, -0.2) is 8.42 Å². The number of hydrogen-bond acceptors (Lipinski definition) is 3. The van der Waals surface area contributed by atoms with Crippen LogP contribution < -0.4 is 0 Å². The van der Waals surface area contributed by atoms with Crippen molar-refractivity contribution in [1.29, 1.82) is 0 Å². The van der Waals surface area contributed by atoms with Crippen LogP contribution in [0.3, 0.4) is 0 Å².